The van der Waals surface area contributed by atoms with Gasteiger partial charge in [0.1, 0.15) is 18.5 Å². The predicted molar refractivity (Wildman–Crippen MR) is 72.4 cm³/mol. The summed E-state index contributed by atoms with van der Waals surface area (Å²) >= 11 is 22.9. The maximum Gasteiger partial charge on any atom is 0.220 e. The number of aliphatic hydroxyl groups is 1. The molecule has 0 amide bonds. The highest BCUT2D eigenvalue weighted by molar-refractivity contribution is 6.68. The number of aliphatic hydroxyl groups excluding tert-OH is 1. The van der Waals surface area contributed by atoms with Crippen molar-refractivity contribution in [1.82, 2.24) is 0 Å². The van der Waals surface area contributed by atoms with Gasteiger partial charge in [-0.15, -0.1) is 0 Å². The van der Waals surface area contributed by atoms with Gasteiger partial charge in [0.05, 0.1) is 5.02 Å². The molecule has 0 aliphatic carbocycles. The fourth-order valence-corrected chi connectivity index (χ4v) is 1.81. The molecule has 17 heavy (non-hydrogen) atoms. The molecule has 1 N–H and O–H groups in total. The second kappa shape index (κ2) is 6.17. The van der Waals surface area contributed by atoms with Crippen LogP contribution in [0.25, 0.3) is 0 Å². The van der Waals surface area contributed by atoms with Gasteiger partial charge in [0.15, 0.2) is 0 Å². The maximum absolute atomic E-state index is 9.83. The van der Waals surface area contributed by atoms with Gasteiger partial charge in [0.2, 0.25) is 3.79 Å². The number of rotatable bonds is 4. The lowest BCUT2D eigenvalue weighted by Gasteiger charge is -2.21. The Bertz CT molecular complexity index is 401. The van der Waals surface area contributed by atoms with Crippen molar-refractivity contribution >= 4 is 46.4 Å². The van der Waals surface area contributed by atoms with Crippen LogP contribution in [0.3, 0.4) is 0 Å². The molecule has 1 aromatic carbocycles. The summed E-state index contributed by atoms with van der Waals surface area (Å²) in [5.74, 6) is 0.400. The summed E-state index contributed by atoms with van der Waals surface area (Å²) in [7, 11) is 0. The van der Waals surface area contributed by atoms with E-state index in [4.69, 9.17) is 51.1 Å². The van der Waals surface area contributed by atoms with Crippen molar-refractivity contribution in [2.24, 2.45) is 0 Å². The minimum atomic E-state index is -1.85. The first-order valence-electron chi connectivity index (χ1n) is 4.64. The quantitative estimate of drug-likeness (QED) is 0.662. The average Bonchev–Trinajstić information content (AvgIpc) is 2.25. The van der Waals surface area contributed by atoms with Gasteiger partial charge in [-0.3, -0.25) is 0 Å². The van der Waals surface area contributed by atoms with Crippen LogP contribution in [-0.2, 0) is 0 Å². The van der Waals surface area contributed by atoms with Crippen molar-refractivity contribution < 1.29 is 9.84 Å². The lowest BCUT2D eigenvalue weighted by Crippen LogP contribution is -2.17. The molecule has 0 fully saturated rings. The second-order valence-electron chi connectivity index (χ2n) is 3.20. The maximum atomic E-state index is 9.83. The number of hydrogen-bond donors (Lipinski definition) is 1. The van der Waals surface area contributed by atoms with E-state index in [1.165, 1.54) is 0 Å². The van der Waals surface area contributed by atoms with Crippen LogP contribution in [0.15, 0.2) is 30.9 Å². The first kappa shape index (κ1) is 14.9. The highest BCUT2D eigenvalue weighted by Gasteiger charge is 2.34. The molecular weight excluding hydrogens is 306 g/mol. The zero-order chi connectivity index (χ0) is 13.1. The Morgan fingerprint density at radius 2 is 2.06 bits per heavy atom. The zero-order valence-corrected chi connectivity index (χ0v) is 11.7. The molecule has 1 atom stereocenters. The molecule has 0 saturated carbocycles. The van der Waals surface area contributed by atoms with Gasteiger partial charge in [-0.2, -0.15) is 0 Å². The third kappa shape index (κ3) is 3.94. The van der Waals surface area contributed by atoms with E-state index in [1.807, 2.05) is 0 Å². The Hall–Kier alpha value is -0.120. The fraction of sp³-hybridized carbons (Fsp3) is 0.273. The molecule has 0 heterocycles. The Kier molecular flexibility index (Phi) is 5.42. The lowest BCUT2D eigenvalue weighted by molar-refractivity contribution is 0.182. The summed E-state index contributed by atoms with van der Waals surface area (Å²) in [4.78, 5) is 0. The number of hydrogen-bond acceptors (Lipinski definition) is 2. The standard InChI is InChI=1S/C11H10Cl4O2/c1-2-6-17-8-5-3-4-7(9(8)12)10(16)11(13,14)15/h2-5,10,16H,1,6H2. The van der Waals surface area contributed by atoms with Gasteiger partial charge in [-0.1, -0.05) is 71.2 Å². The first-order valence-corrected chi connectivity index (χ1v) is 6.16. The molecule has 0 saturated heterocycles. The molecular formula is C11H10Cl4O2. The van der Waals surface area contributed by atoms with Crippen LogP contribution in [0.5, 0.6) is 5.75 Å². The van der Waals surface area contributed by atoms with Crippen LogP contribution in [0.1, 0.15) is 11.7 Å². The van der Waals surface area contributed by atoms with E-state index in [-0.39, 0.29) is 5.02 Å². The molecule has 0 bridgehead atoms. The third-order valence-corrected chi connectivity index (χ3v) is 2.98. The molecule has 0 aliphatic heterocycles. The number of ether oxygens (including phenoxy) is 1. The molecule has 2 nitrogen and oxygen atoms in total. The van der Waals surface area contributed by atoms with Crippen molar-refractivity contribution in [3.63, 3.8) is 0 Å². The van der Waals surface area contributed by atoms with Crippen LogP contribution in [-0.4, -0.2) is 15.5 Å². The summed E-state index contributed by atoms with van der Waals surface area (Å²) in [6, 6.07) is 4.87. The average molecular weight is 316 g/mol. The smallest absolute Gasteiger partial charge is 0.220 e. The van der Waals surface area contributed by atoms with Crippen molar-refractivity contribution in [2.75, 3.05) is 6.61 Å². The van der Waals surface area contributed by atoms with Crippen LogP contribution in [0, 0.1) is 0 Å². The molecule has 1 unspecified atom stereocenters. The van der Waals surface area contributed by atoms with Gasteiger partial charge in [0.25, 0.3) is 0 Å². The van der Waals surface area contributed by atoms with Crippen LogP contribution in [0.4, 0.5) is 0 Å². The zero-order valence-electron chi connectivity index (χ0n) is 8.67. The molecule has 0 spiro atoms. The summed E-state index contributed by atoms with van der Waals surface area (Å²) < 4.78 is 3.45. The molecule has 94 valence electrons. The van der Waals surface area contributed by atoms with E-state index in [0.717, 1.165) is 0 Å². The molecule has 0 radical (unpaired) electrons. The van der Waals surface area contributed by atoms with E-state index in [0.29, 0.717) is 17.9 Å². The minimum absolute atomic E-state index is 0.216. The highest BCUT2D eigenvalue weighted by atomic mass is 35.6. The Morgan fingerprint density at radius 3 is 2.59 bits per heavy atom. The number of halogens is 4. The monoisotopic (exact) mass is 314 g/mol. The van der Waals surface area contributed by atoms with Gasteiger partial charge in [0, 0.05) is 5.56 Å². The fourth-order valence-electron chi connectivity index (χ4n) is 1.18. The van der Waals surface area contributed by atoms with Crippen molar-refractivity contribution in [3.8, 4) is 5.75 Å². The molecule has 0 aromatic heterocycles. The molecule has 0 aliphatic rings. The summed E-state index contributed by atoms with van der Waals surface area (Å²) in [6.45, 7) is 3.82. The van der Waals surface area contributed by atoms with Crippen molar-refractivity contribution in [2.45, 2.75) is 9.90 Å². The largest absolute Gasteiger partial charge is 0.488 e. The lowest BCUT2D eigenvalue weighted by atomic mass is 10.1. The van der Waals surface area contributed by atoms with E-state index in [9.17, 15) is 5.11 Å². The molecule has 1 rings (SSSR count). The van der Waals surface area contributed by atoms with E-state index in [2.05, 4.69) is 6.58 Å². The van der Waals surface area contributed by atoms with E-state index < -0.39 is 9.90 Å². The topological polar surface area (TPSA) is 29.5 Å². The molecule has 1 aromatic rings. The van der Waals surface area contributed by atoms with Gasteiger partial charge in [-0.25, -0.2) is 0 Å². The molecule has 6 heteroatoms. The van der Waals surface area contributed by atoms with E-state index >= 15 is 0 Å². The SMILES string of the molecule is C=CCOc1cccc(C(O)C(Cl)(Cl)Cl)c1Cl. The normalized spacial score (nSPS) is 13.2. The third-order valence-electron chi connectivity index (χ3n) is 1.95. The van der Waals surface area contributed by atoms with Crippen LogP contribution in [0.2, 0.25) is 5.02 Å². The van der Waals surface area contributed by atoms with E-state index in [1.54, 1.807) is 24.3 Å². The second-order valence-corrected chi connectivity index (χ2v) is 5.95. The van der Waals surface area contributed by atoms with Crippen LogP contribution >= 0.6 is 46.4 Å². The Morgan fingerprint density at radius 1 is 1.41 bits per heavy atom. The number of benzene rings is 1. The Balaban J connectivity index is 3.05. The van der Waals surface area contributed by atoms with Crippen LogP contribution < -0.4 is 4.74 Å². The minimum Gasteiger partial charge on any atom is -0.488 e. The number of alkyl halides is 3. The summed E-state index contributed by atoms with van der Waals surface area (Å²) in [5.41, 5.74) is 0.299. The van der Waals surface area contributed by atoms with Crippen molar-refractivity contribution in [1.29, 1.82) is 0 Å². The van der Waals surface area contributed by atoms with Crippen molar-refractivity contribution in [3.05, 3.63) is 41.4 Å². The first-order chi connectivity index (χ1) is 7.88. The Labute approximate surface area is 120 Å². The highest BCUT2D eigenvalue weighted by Crippen LogP contribution is 2.43. The summed E-state index contributed by atoms with van der Waals surface area (Å²) in [5, 5.41) is 10.0. The van der Waals surface area contributed by atoms with Gasteiger partial charge >= 0.3 is 0 Å². The van der Waals surface area contributed by atoms with Gasteiger partial charge < -0.3 is 9.84 Å². The van der Waals surface area contributed by atoms with Gasteiger partial charge in [-0.05, 0) is 6.07 Å². The predicted octanol–water partition coefficient (Wildman–Crippen LogP) is 4.31. The summed E-state index contributed by atoms with van der Waals surface area (Å²) in [6.07, 6.45) is 0.251.